The summed E-state index contributed by atoms with van der Waals surface area (Å²) in [6.07, 6.45) is 3.49. The third kappa shape index (κ3) is 2.80. The van der Waals surface area contributed by atoms with Crippen LogP contribution in [0, 0.1) is 0 Å². The first kappa shape index (κ1) is 14.8. The number of amidine groups is 1. The molecule has 6 heteroatoms. The van der Waals surface area contributed by atoms with Crippen LogP contribution < -0.4 is 5.32 Å². The van der Waals surface area contributed by atoms with Crippen LogP contribution in [0.3, 0.4) is 0 Å². The highest BCUT2D eigenvalue weighted by atomic mass is 19.3. The number of dihydropyridines is 1. The van der Waals surface area contributed by atoms with Crippen LogP contribution in [0.25, 0.3) is 0 Å². The number of rotatable bonds is 3. The van der Waals surface area contributed by atoms with E-state index >= 15 is 0 Å². The van der Waals surface area contributed by atoms with E-state index in [4.69, 9.17) is 0 Å². The van der Waals surface area contributed by atoms with Gasteiger partial charge in [-0.1, -0.05) is 6.08 Å². The Balaban J connectivity index is 2.23. The number of alkyl halides is 2. The fraction of sp³-hybridized carbons (Fsp3) is 0.571. The summed E-state index contributed by atoms with van der Waals surface area (Å²) in [5.41, 5.74) is 0.0228. The monoisotopic (exact) mass is 283 g/mol. The van der Waals surface area contributed by atoms with Crippen LogP contribution in [0.5, 0.6) is 0 Å². The smallest absolute Gasteiger partial charge is 0.267 e. The normalized spacial score (nSPS) is 27.4. The van der Waals surface area contributed by atoms with Crippen LogP contribution in [0.4, 0.5) is 8.78 Å². The molecule has 20 heavy (non-hydrogen) atoms. The van der Waals surface area contributed by atoms with Crippen LogP contribution >= 0.6 is 0 Å². The predicted molar refractivity (Wildman–Crippen MR) is 73.7 cm³/mol. The molecule has 0 bridgehead atoms. The lowest BCUT2D eigenvalue weighted by molar-refractivity contribution is -0.126. The van der Waals surface area contributed by atoms with Crippen molar-refractivity contribution in [3.8, 4) is 0 Å². The Kier molecular flexibility index (Phi) is 4.04. The fourth-order valence-corrected chi connectivity index (χ4v) is 2.50. The van der Waals surface area contributed by atoms with E-state index in [1.807, 2.05) is 6.92 Å². The summed E-state index contributed by atoms with van der Waals surface area (Å²) in [5.74, 6) is -2.70. The van der Waals surface area contributed by atoms with E-state index < -0.39 is 5.92 Å². The molecule has 1 N–H and O–H groups in total. The van der Waals surface area contributed by atoms with Gasteiger partial charge in [0.15, 0.2) is 0 Å². The number of carbonyl (C=O) groups is 1. The molecular formula is C14H19F2N3O. The number of carbonyl (C=O) groups excluding carboxylic acids is 1. The second-order valence-corrected chi connectivity index (χ2v) is 5.18. The molecule has 0 radical (unpaired) electrons. The van der Waals surface area contributed by atoms with Crippen molar-refractivity contribution < 1.29 is 13.6 Å². The highest BCUT2D eigenvalue weighted by Gasteiger charge is 2.39. The average molecular weight is 283 g/mol. The van der Waals surface area contributed by atoms with Gasteiger partial charge in [-0.15, -0.1) is 6.58 Å². The van der Waals surface area contributed by atoms with E-state index in [0.717, 1.165) is 6.92 Å². The Morgan fingerprint density at radius 3 is 2.95 bits per heavy atom. The Labute approximate surface area is 117 Å². The zero-order chi connectivity index (χ0) is 14.9. The summed E-state index contributed by atoms with van der Waals surface area (Å²) in [6, 6.07) is -0.355. The molecule has 0 saturated carbocycles. The standard InChI is InChI=1S/C14H19F2N3O/c1-4-5-11-13(20)19(9(2)18-11)12-8-10(6-7-17-12)14(3,15)16/h4,8-9,11,18H,1,5-7H2,2-3H3. The van der Waals surface area contributed by atoms with Crippen molar-refractivity contribution in [1.29, 1.82) is 0 Å². The van der Waals surface area contributed by atoms with Gasteiger partial charge in [0.1, 0.15) is 5.84 Å². The Morgan fingerprint density at radius 1 is 1.65 bits per heavy atom. The number of hydrogen-bond acceptors (Lipinski definition) is 3. The van der Waals surface area contributed by atoms with Crippen LogP contribution in [-0.4, -0.2) is 41.3 Å². The lowest BCUT2D eigenvalue weighted by atomic mass is 10.0. The zero-order valence-corrected chi connectivity index (χ0v) is 11.7. The molecule has 2 heterocycles. The third-order valence-corrected chi connectivity index (χ3v) is 3.54. The fourth-order valence-electron chi connectivity index (χ4n) is 2.50. The zero-order valence-electron chi connectivity index (χ0n) is 11.7. The van der Waals surface area contributed by atoms with Crippen molar-refractivity contribution >= 4 is 11.7 Å². The molecule has 2 atom stereocenters. The van der Waals surface area contributed by atoms with Gasteiger partial charge >= 0.3 is 0 Å². The molecule has 2 unspecified atom stereocenters. The molecule has 2 aliphatic rings. The SMILES string of the molecule is C=CCC1NC(C)N(C2=NCCC(C(C)(F)F)=C2)C1=O. The number of halogens is 2. The van der Waals surface area contributed by atoms with Gasteiger partial charge < -0.3 is 0 Å². The Hall–Kier alpha value is -1.56. The number of amides is 1. The van der Waals surface area contributed by atoms with Crippen molar-refractivity contribution in [2.75, 3.05) is 6.54 Å². The van der Waals surface area contributed by atoms with Crippen molar-refractivity contribution in [2.45, 2.75) is 44.8 Å². The first-order chi connectivity index (χ1) is 9.34. The third-order valence-electron chi connectivity index (χ3n) is 3.54. The summed E-state index contributed by atoms with van der Waals surface area (Å²) in [6.45, 7) is 6.58. The molecule has 1 fully saturated rings. The largest absolute Gasteiger partial charge is 0.285 e. The maximum absolute atomic E-state index is 13.4. The molecule has 0 aliphatic carbocycles. The van der Waals surface area contributed by atoms with Gasteiger partial charge in [-0.25, -0.2) is 8.78 Å². The number of nitrogens with one attached hydrogen (secondary N) is 1. The van der Waals surface area contributed by atoms with E-state index in [9.17, 15) is 13.6 Å². The summed E-state index contributed by atoms with van der Waals surface area (Å²) in [5, 5.41) is 3.11. The topological polar surface area (TPSA) is 44.7 Å². The second-order valence-electron chi connectivity index (χ2n) is 5.18. The van der Waals surface area contributed by atoms with E-state index in [-0.39, 0.29) is 36.7 Å². The van der Waals surface area contributed by atoms with Crippen LogP contribution in [0.15, 0.2) is 29.3 Å². The van der Waals surface area contributed by atoms with E-state index in [2.05, 4.69) is 16.9 Å². The van der Waals surface area contributed by atoms with Crippen molar-refractivity contribution in [1.82, 2.24) is 10.2 Å². The van der Waals surface area contributed by atoms with E-state index in [0.29, 0.717) is 12.3 Å². The molecular weight excluding hydrogens is 264 g/mol. The van der Waals surface area contributed by atoms with Crippen LogP contribution in [-0.2, 0) is 4.79 Å². The van der Waals surface area contributed by atoms with Gasteiger partial charge in [-0.05, 0) is 25.8 Å². The number of nitrogens with zero attached hydrogens (tertiary/aromatic N) is 2. The lowest BCUT2D eigenvalue weighted by Crippen LogP contribution is -2.40. The van der Waals surface area contributed by atoms with Gasteiger partial charge in [-0.3, -0.25) is 20.0 Å². The number of aliphatic imine (C=N–C) groups is 1. The van der Waals surface area contributed by atoms with E-state index in [1.165, 1.54) is 11.0 Å². The second kappa shape index (κ2) is 5.44. The minimum absolute atomic E-state index is 0.0228. The van der Waals surface area contributed by atoms with Gasteiger partial charge in [0.25, 0.3) is 5.92 Å². The highest BCUT2D eigenvalue weighted by molar-refractivity contribution is 6.07. The van der Waals surface area contributed by atoms with Crippen LogP contribution in [0.1, 0.15) is 26.7 Å². The predicted octanol–water partition coefficient (Wildman–Crippen LogP) is 2.09. The molecule has 0 spiro atoms. The highest BCUT2D eigenvalue weighted by Crippen LogP contribution is 2.29. The molecule has 0 aromatic carbocycles. The summed E-state index contributed by atoms with van der Waals surface area (Å²) >= 11 is 0. The van der Waals surface area contributed by atoms with Crippen molar-refractivity contribution in [2.24, 2.45) is 4.99 Å². The van der Waals surface area contributed by atoms with Gasteiger partial charge in [-0.2, -0.15) is 0 Å². The molecule has 0 aromatic heterocycles. The molecule has 2 rings (SSSR count). The van der Waals surface area contributed by atoms with E-state index in [1.54, 1.807) is 6.08 Å². The maximum Gasteiger partial charge on any atom is 0.267 e. The average Bonchev–Trinajstić information content (AvgIpc) is 2.64. The summed E-state index contributed by atoms with van der Waals surface area (Å²) in [7, 11) is 0. The molecule has 4 nitrogen and oxygen atoms in total. The molecule has 1 amide bonds. The van der Waals surface area contributed by atoms with Crippen molar-refractivity contribution in [3.63, 3.8) is 0 Å². The number of hydrogen-bond donors (Lipinski definition) is 1. The molecule has 0 aromatic rings. The van der Waals surface area contributed by atoms with Crippen LogP contribution in [0.2, 0.25) is 0 Å². The lowest BCUT2D eigenvalue weighted by Gasteiger charge is -2.25. The summed E-state index contributed by atoms with van der Waals surface area (Å²) < 4.78 is 26.8. The summed E-state index contributed by atoms with van der Waals surface area (Å²) in [4.78, 5) is 18.0. The Bertz CT molecular complexity index is 479. The maximum atomic E-state index is 13.4. The Morgan fingerprint density at radius 2 is 2.35 bits per heavy atom. The first-order valence-corrected chi connectivity index (χ1v) is 6.68. The quantitative estimate of drug-likeness (QED) is 0.806. The van der Waals surface area contributed by atoms with Crippen molar-refractivity contribution in [3.05, 3.63) is 24.3 Å². The molecule has 1 saturated heterocycles. The van der Waals surface area contributed by atoms with Gasteiger partial charge in [0.05, 0.1) is 12.2 Å². The van der Waals surface area contributed by atoms with Gasteiger partial charge in [0.2, 0.25) is 5.91 Å². The minimum atomic E-state index is -2.87. The molecule has 110 valence electrons. The first-order valence-electron chi connectivity index (χ1n) is 6.68. The molecule has 2 aliphatic heterocycles. The minimum Gasteiger partial charge on any atom is -0.285 e. The van der Waals surface area contributed by atoms with Gasteiger partial charge in [0, 0.05) is 19.0 Å².